The van der Waals surface area contributed by atoms with Crippen LogP contribution in [-0.2, 0) is 26.8 Å². The molecule has 3 rings (SSSR count). The number of hydrogen-bond acceptors (Lipinski definition) is 7. The van der Waals surface area contributed by atoms with Crippen molar-refractivity contribution in [3.63, 3.8) is 0 Å². The lowest BCUT2D eigenvalue weighted by molar-refractivity contribution is 0.138. The molecule has 1 saturated heterocycles. The molecule has 0 radical (unpaired) electrons. The van der Waals surface area contributed by atoms with Gasteiger partial charge in [0.2, 0.25) is 10.0 Å². The zero-order valence-electron chi connectivity index (χ0n) is 15.2. The number of tetrazole rings is 1. The van der Waals surface area contributed by atoms with Crippen molar-refractivity contribution in [2.45, 2.75) is 23.4 Å². The third kappa shape index (κ3) is 3.25. The normalized spacial score (nSPS) is 21.5. The predicted octanol–water partition coefficient (Wildman–Crippen LogP) is 0.171. The smallest absolute Gasteiger partial charge is 0.243 e. The quantitative estimate of drug-likeness (QED) is 0.676. The molecule has 1 aliphatic heterocycles. The molecule has 2 heterocycles. The monoisotopic (exact) mass is 380 g/mol. The number of ether oxygens (including phenoxy) is 1. The topological polar surface area (TPSA) is 93.4 Å². The van der Waals surface area contributed by atoms with Crippen molar-refractivity contribution >= 4 is 10.0 Å². The first kappa shape index (κ1) is 18.9. The highest BCUT2D eigenvalue weighted by Gasteiger charge is 2.49. The Morgan fingerprint density at radius 1 is 1.27 bits per heavy atom. The van der Waals surface area contributed by atoms with Crippen molar-refractivity contribution in [3.8, 4) is 0 Å². The Labute approximate surface area is 153 Å². The number of hydrogen-bond donors (Lipinski definition) is 0. The van der Waals surface area contributed by atoms with E-state index in [2.05, 4.69) is 15.5 Å². The SMILES string of the molecule is COCCn1nnnc1C1(N(C)C)CCN(S(=O)(=O)c2ccccc2)C1. The Morgan fingerprint density at radius 3 is 2.65 bits per heavy atom. The molecule has 1 atom stereocenters. The van der Waals surface area contributed by atoms with Crippen molar-refractivity contribution in [1.82, 2.24) is 29.4 Å². The first-order valence-corrected chi connectivity index (χ1v) is 9.84. The van der Waals surface area contributed by atoms with E-state index in [9.17, 15) is 8.42 Å². The van der Waals surface area contributed by atoms with E-state index < -0.39 is 15.6 Å². The third-order valence-electron chi connectivity index (χ3n) is 4.91. The van der Waals surface area contributed by atoms with Crippen LogP contribution in [0.4, 0.5) is 0 Å². The highest BCUT2D eigenvalue weighted by atomic mass is 32.2. The molecule has 0 bridgehead atoms. The van der Waals surface area contributed by atoms with Gasteiger partial charge in [-0.25, -0.2) is 13.1 Å². The molecule has 0 N–H and O–H groups in total. The molecule has 0 amide bonds. The molecule has 0 spiro atoms. The van der Waals surface area contributed by atoms with Crippen LogP contribution in [0, 0.1) is 0 Å². The van der Waals surface area contributed by atoms with E-state index in [4.69, 9.17) is 4.74 Å². The van der Waals surface area contributed by atoms with Crippen LogP contribution in [0.1, 0.15) is 12.2 Å². The van der Waals surface area contributed by atoms with Crippen molar-refractivity contribution in [3.05, 3.63) is 36.2 Å². The van der Waals surface area contributed by atoms with E-state index in [1.54, 1.807) is 42.1 Å². The Morgan fingerprint density at radius 2 is 2.00 bits per heavy atom. The van der Waals surface area contributed by atoms with Crippen LogP contribution in [0.5, 0.6) is 0 Å². The van der Waals surface area contributed by atoms with Crippen LogP contribution in [0.15, 0.2) is 35.2 Å². The van der Waals surface area contributed by atoms with Gasteiger partial charge in [0.05, 0.1) is 23.6 Å². The number of aromatic nitrogens is 4. The Hall–Kier alpha value is -1.88. The Balaban J connectivity index is 1.93. The summed E-state index contributed by atoms with van der Waals surface area (Å²) in [4.78, 5) is 2.30. The fraction of sp³-hybridized carbons (Fsp3) is 0.562. The fourth-order valence-corrected chi connectivity index (χ4v) is 4.83. The summed E-state index contributed by atoms with van der Waals surface area (Å²) in [5, 5.41) is 12.1. The lowest BCUT2D eigenvalue weighted by Gasteiger charge is -2.34. The second kappa shape index (κ2) is 7.39. The minimum atomic E-state index is -3.56. The molecule has 0 aliphatic carbocycles. The van der Waals surface area contributed by atoms with Gasteiger partial charge in [0.25, 0.3) is 0 Å². The molecule has 1 fully saturated rings. The number of sulfonamides is 1. The summed E-state index contributed by atoms with van der Waals surface area (Å²) in [6.45, 7) is 1.70. The summed E-state index contributed by atoms with van der Waals surface area (Å²) in [6, 6.07) is 8.50. The maximum absolute atomic E-state index is 13.0. The molecule has 142 valence electrons. The maximum atomic E-state index is 13.0. The van der Waals surface area contributed by atoms with Crippen molar-refractivity contribution in [2.75, 3.05) is 40.9 Å². The molecular weight excluding hydrogens is 356 g/mol. The molecule has 10 heteroatoms. The van der Waals surface area contributed by atoms with Gasteiger partial charge in [0.15, 0.2) is 5.82 Å². The van der Waals surface area contributed by atoms with Gasteiger partial charge in [-0.05, 0) is 43.1 Å². The fourth-order valence-electron chi connectivity index (χ4n) is 3.32. The summed E-state index contributed by atoms with van der Waals surface area (Å²) in [6.07, 6.45) is 0.611. The molecule has 2 aromatic rings. The van der Waals surface area contributed by atoms with Gasteiger partial charge in [-0.15, -0.1) is 5.10 Å². The van der Waals surface area contributed by atoms with Gasteiger partial charge >= 0.3 is 0 Å². The lowest BCUT2D eigenvalue weighted by atomic mass is 9.96. The van der Waals surface area contributed by atoms with Gasteiger partial charge in [0, 0.05) is 20.2 Å². The summed E-state index contributed by atoms with van der Waals surface area (Å²) < 4.78 is 34.3. The van der Waals surface area contributed by atoms with E-state index in [0.29, 0.717) is 43.4 Å². The van der Waals surface area contributed by atoms with Crippen molar-refractivity contribution < 1.29 is 13.2 Å². The van der Waals surface area contributed by atoms with Crippen molar-refractivity contribution in [1.29, 1.82) is 0 Å². The van der Waals surface area contributed by atoms with Crippen LogP contribution >= 0.6 is 0 Å². The maximum Gasteiger partial charge on any atom is 0.243 e. The van der Waals surface area contributed by atoms with Gasteiger partial charge < -0.3 is 4.74 Å². The van der Waals surface area contributed by atoms with E-state index >= 15 is 0 Å². The average Bonchev–Trinajstić information content (AvgIpc) is 3.28. The van der Waals surface area contributed by atoms with Crippen LogP contribution < -0.4 is 0 Å². The van der Waals surface area contributed by atoms with E-state index in [-0.39, 0.29) is 0 Å². The number of likely N-dealkylation sites (N-methyl/N-ethyl adjacent to an activating group) is 1. The average molecular weight is 380 g/mol. The predicted molar refractivity (Wildman–Crippen MR) is 94.9 cm³/mol. The summed E-state index contributed by atoms with van der Waals surface area (Å²) >= 11 is 0. The Kier molecular flexibility index (Phi) is 5.37. The first-order chi connectivity index (χ1) is 12.4. The second-order valence-corrected chi connectivity index (χ2v) is 8.48. The summed E-state index contributed by atoms with van der Waals surface area (Å²) in [5.74, 6) is 0.658. The van der Waals surface area contributed by atoms with Crippen molar-refractivity contribution in [2.24, 2.45) is 0 Å². The molecule has 1 aliphatic rings. The lowest BCUT2D eigenvalue weighted by Crippen LogP contribution is -2.47. The molecule has 9 nitrogen and oxygen atoms in total. The molecule has 0 saturated carbocycles. The minimum absolute atomic E-state index is 0.296. The van der Waals surface area contributed by atoms with Gasteiger partial charge in [0.1, 0.15) is 0 Å². The summed E-state index contributed by atoms with van der Waals surface area (Å²) in [5.41, 5.74) is -0.584. The molecule has 1 unspecified atom stereocenters. The van der Waals surface area contributed by atoms with E-state index in [1.165, 1.54) is 4.31 Å². The standard InChI is InChI=1S/C16H24N6O3S/c1-20(2)16(15-17-18-19-22(15)11-12-25-3)9-10-21(13-16)26(23,24)14-7-5-4-6-8-14/h4-8H,9-13H2,1-3H3. The zero-order chi connectivity index (χ0) is 18.8. The first-order valence-electron chi connectivity index (χ1n) is 8.40. The minimum Gasteiger partial charge on any atom is -0.383 e. The van der Waals surface area contributed by atoms with Crippen LogP contribution in [0.2, 0.25) is 0 Å². The number of methoxy groups -OCH3 is 1. The number of nitrogens with zero attached hydrogens (tertiary/aromatic N) is 6. The zero-order valence-corrected chi connectivity index (χ0v) is 16.1. The van der Waals surface area contributed by atoms with Gasteiger partial charge in [-0.3, -0.25) is 4.90 Å². The van der Waals surface area contributed by atoms with Crippen LogP contribution in [0.3, 0.4) is 0 Å². The van der Waals surface area contributed by atoms with E-state index in [1.807, 2.05) is 19.0 Å². The number of rotatable bonds is 7. The number of benzene rings is 1. The highest BCUT2D eigenvalue weighted by Crippen LogP contribution is 2.37. The summed E-state index contributed by atoms with van der Waals surface area (Å²) in [7, 11) is 1.91. The molecule has 1 aromatic heterocycles. The molecular formula is C16H24N6O3S. The van der Waals surface area contributed by atoms with Gasteiger partial charge in [-0.2, -0.15) is 4.31 Å². The molecule has 1 aromatic carbocycles. The largest absolute Gasteiger partial charge is 0.383 e. The highest BCUT2D eigenvalue weighted by molar-refractivity contribution is 7.89. The van der Waals surface area contributed by atoms with Crippen LogP contribution in [-0.4, -0.2) is 78.7 Å². The Bertz CT molecular complexity index is 839. The third-order valence-corrected chi connectivity index (χ3v) is 6.76. The second-order valence-electron chi connectivity index (χ2n) is 6.55. The van der Waals surface area contributed by atoms with Crippen LogP contribution in [0.25, 0.3) is 0 Å². The van der Waals surface area contributed by atoms with E-state index in [0.717, 1.165) is 0 Å². The van der Waals surface area contributed by atoms with Gasteiger partial charge in [-0.1, -0.05) is 18.2 Å². The molecule has 26 heavy (non-hydrogen) atoms.